The average molecular weight is 218 g/mol. The normalized spacial score (nSPS) is 15.5. The topological polar surface area (TPSA) is 17.1 Å². The van der Waals surface area contributed by atoms with Crippen LogP contribution in [-0.2, 0) is 4.79 Å². The fraction of sp³-hybridized carbons (Fsp3) is 0.533. The van der Waals surface area contributed by atoms with Crippen molar-refractivity contribution in [3.8, 4) is 0 Å². The molecule has 0 aliphatic heterocycles. The first kappa shape index (κ1) is 13.0. The van der Waals surface area contributed by atoms with Gasteiger partial charge >= 0.3 is 0 Å². The molecule has 0 aliphatic carbocycles. The van der Waals surface area contributed by atoms with Gasteiger partial charge in [0.25, 0.3) is 0 Å². The van der Waals surface area contributed by atoms with Crippen molar-refractivity contribution < 1.29 is 4.79 Å². The van der Waals surface area contributed by atoms with Gasteiger partial charge < -0.3 is 4.79 Å². The summed E-state index contributed by atoms with van der Waals surface area (Å²) in [5.41, 5.74) is 1.42. The Hall–Kier alpha value is -1.11. The molecule has 0 bridgehead atoms. The van der Waals surface area contributed by atoms with Crippen LogP contribution in [0.15, 0.2) is 30.3 Å². The molecule has 1 unspecified atom stereocenters. The lowest BCUT2D eigenvalue weighted by atomic mass is 9.70. The molecule has 0 N–H and O–H groups in total. The molecule has 0 heterocycles. The van der Waals surface area contributed by atoms with Gasteiger partial charge in [0.2, 0.25) is 0 Å². The SMILES string of the molecule is CC([C@@H](C)c1ccccc1)C(C)(C)CC=O. The maximum Gasteiger partial charge on any atom is 0.120 e. The minimum Gasteiger partial charge on any atom is -0.303 e. The Balaban J connectivity index is 2.82. The molecule has 1 nitrogen and oxygen atoms in total. The summed E-state index contributed by atoms with van der Waals surface area (Å²) in [4.78, 5) is 10.7. The van der Waals surface area contributed by atoms with Gasteiger partial charge in [-0.05, 0) is 22.8 Å². The zero-order valence-corrected chi connectivity index (χ0v) is 10.7. The maximum atomic E-state index is 10.7. The van der Waals surface area contributed by atoms with E-state index in [-0.39, 0.29) is 5.41 Å². The van der Waals surface area contributed by atoms with Crippen molar-refractivity contribution in [2.24, 2.45) is 11.3 Å². The highest BCUT2D eigenvalue weighted by atomic mass is 16.1. The maximum absolute atomic E-state index is 10.7. The second-order valence-corrected chi connectivity index (χ2v) is 5.35. The molecule has 1 rings (SSSR count). The number of carbonyl (C=O) groups is 1. The smallest absolute Gasteiger partial charge is 0.120 e. The molecule has 0 saturated heterocycles. The van der Waals surface area contributed by atoms with E-state index < -0.39 is 0 Å². The van der Waals surface area contributed by atoms with Gasteiger partial charge in [0, 0.05) is 6.42 Å². The highest BCUT2D eigenvalue weighted by Gasteiger charge is 2.30. The minimum atomic E-state index is 0.0665. The van der Waals surface area contributed by atoms with Crippen LogP contribution in [0.5, 0.6) is 0 Å². The van der Waals surface area contributed by atoms with E-state index >= 15 is 0 Å². The molecular weight excluding hydrogens is 196 g/mol. The summed E-state index contributed by atoms with van der Waals surface area (Å²) >= 11 is 0. The monoisotopic (exact) mass is 218 g/mol. The van der Waals surface area contributed by atoms with E-state index in [4.69, 9.17) is 0 Å². The molecule has 1 heteroatoms. The van der Waals surface area contributed by atoms with Gasteiger partial charge in [-0.3, -0.25) is 0 Å². The van der Waals surface area contributed by atoms with Crippen molar-refractivity contribution in [1.29, 1.82) is 0 Å². The second kappa shape index (κ2) is 5.29. The zero-order chi connectivity index (χ0) is 12.2. The first-order valence-electron chi connectivity index (χ1n) is 5.97. The second-order valence-electron chi connectivity index (χ2n) is 5.35. The molecule has 0 saturated carbocycles. The van der Waals surface area contributed by atoms with E-state index in [2.05, 4.69) is 52.0 Å². The van der Waals surface area contributed by atoms with Crippen LogP contribution >= 0.6 is 0 Å². The number of aldehydes is 1. The fourth-order valence-corrected chi connectivity index (χ4v) is 2.12. The Labute approximate surface area is 98.9 Å². The van der Waals surface area contributed by atoms with Crippen LogP contribution in [0.25, 0.3) is 0 Å². The molecule has 0 fully saturated rings. The Morgan fingerprint density at radius 3 is 2.25 bits per heavy atom. The van der Waals surface area contributed by atoms with Gasteiger partial charge in [-0.15, -0.1) is 0 Å². The first-order valence-corrected chi connectivity index (χ1v) is 5.97. The van der Waals surface area contributed by atoms with E-state index in [0.717, 1.165) is 6.29 Å². The lowest BCUT2D eigenvalue weighted by molar-refractivity contribution is -0.110. The summed E-state index contributed by atoms with van der Waals surface area (Å²) in [6, 6.07) is 10.5. The molecule has 1 aromatic rings. The quantitative estimate of drug-likeness (QED) is 0.682. The summed E-state index contributed by atoms with van der Waals surface area (Å²) in [5.74, 6) is 0.969. The summed E-state index contributed by atoms with van der Waals surface area (Å²) in [7, 11) is 0. The van der Waals surface area contributed by atoms with Gasteiger partial charge in [0.1, 0.15) is 6.29 Å². The van der Waals surface area contributed by atoms with Crippen LogP contribution < -0.4 is 0 Å². The highest BCUT2D eigenvalue weighted by molar-refractivity contribution is 5.50. The Kier molecular flexibility index (Phi) is 4.28. The standard InChI is InChI=1S/C15H22O/c1-12(14-8-6-5-7-9-14)13(2)15(3,4)10-11-16/h5-9,11-13H,10H2,1-4H3/t12-,13?/m1/s1. The minimum absolute atomic E-state index is 0.0665. The van der Waals surface area contributed by atoms with E-state index in [1.54, 1.807) is 0 Å². The van der Waals surface area contributed by atoms with Crippen molar-refractivity contribution >= 4 is 6.29 Å². The van der Waals surface area contributed by atoms with E-state index in [9.17, 15) is 4.79 Å². The lowest BCUT2D eigenvalue weighted by Gasteiger charge is -2.34. The lowest BCUT2D eigenvalue weighted by Crippen LogP contribution is -2.26. The summed E-state index contributed by atoms with van der Waals surface area (Å²) < 4.78 is 0. The van der Waals surface area contributed by atoms with Crippen LogP contribution in [0.3, 0.4) is 0 Å². The summed E-state index contributed by atoms with van der Waals surface area (Å²) in [5, 5.41) is 0. The molecule has 0 amide bonds. The van der Waals surface area contributed by atoms with Gasteiger partial charge in [-0.1, -0.05) is 58.0 Å². The molecule has 0 radical (unpaired) electrons. The third-order valence-corrected chi connectivity index (χ3v) is 3.92. The number of hydrogen-bond donors (Lipinski definition) is 0. The fourth-order valence-electron chi connectivity index (χ4n) is 2.12. The molecule has 0 aromatic heterocycles. The first-order chi connectivity index (χ1) is 7.49. The van der Waals surface area contributed by atoms with Crippen LogP contribution in [0.2, 0.25) is 0 Å². The van der Waals surface area contributed by atoms with Crippen LogP contribution in [0.4, 0.5) is 0 Å². The van der Waals surface area contributed by atoms with Crippen molar-refractivity contribution in [3.63, 3.8) is 0 Å². The highest BCUT2D eigenvalue weighted by Crippen LogP contribution is 2.39. The van der Waals surface area contributed by atoms with Crippen LogP contribution in [0, 0.1) is 11.3 Å². The summed E-state index contributed by atoms with van der Waals surface area (Å²) in [6.07, 6.45) is 1.67. The van der Waals surface area contributed by atoms with Gasteiger partial charge in [-0.25, -0.2) is 0 Å². The van der Waals surface area contributed by atoms with Crippen molar-refractivity contribution in [1.82, 2.24) is 0 Å². The van der Waals surface area contributed by atoms with E-state index in [0.29, 0.717) is 18.3 Å². The zero-order valence-electron chi connectivity index (χ0n) is 10.7. The van der Waals surface area contributed by atoms with Gasteiger partial charge in [0.05, 0.1) is 0 Å². The number of rotatable bonds is 5. The molecule has 16 heavy (non-hydrogen) atoms. The van der Waals surface area contributed by atoms with E-state index in [1.165, 1.54) is 5.56 Å². The number of hydrogen-bond acceptors (Lipinski definition) is 1. The predicted molar refractivity (Wildman–Crippen MR) is 68.5 cm³/mol. The third kappa shape index (κ3) is 2.94. The van der Waals surface area contributed by atoms with Crippen molar-refractivity contribution in [3.05, 3.63) is 35.9 Å². The predicted octanol–water partition coefficient (Wildman–Crippen LogP) is 4.04. The average Bonchev–Trinajstić information content (AvgIpc) is 2.28. The summed E-state index contributed by atoms with van der Waals surface area (Å²) in [6.45, 7) is 8.82. The molecule has 88 valence electrons. The molecule has 0 spiro atoms. The van der Waals surface area contributed by atoms with Crippen molar-refractivity contribution in [2.75, 3.05) is 0 Å². The third-order valence-electron chi connectivity index (χ3n) is 3.92. The molecular formula is C15H22O. The molecule has 2 atom stereocenters. The van der Waals surface area contributed by atoms with Crippen molar-refractivity contribution in [2.45, 2.75) is 40.0 Å². The van der Waals surface area contributed by atoms with E-state index in [1.807, 2.05) is 6.07 Å². The Morgan fingerprint density at radius 1 is 1.19 bits per heavy atom. The molecule has 0 aliphatic rings. The molecule has 1 aromatic carbocycles. The van der Waals surface area contributed by atoms with Crippen LogP contribution in [-0.4, -0.2) is 6.29 Å². The van der Waals surface area contributed by atoms with Crippen LogP contribution in [0.1, 0.15) is 45.6 Å². The number of benzene rings is 1. The Bertz CT molecular complexity index is 327. The largest absolute Gasteiger partial charge is 0.303 e. The van der Waals surface area contributed by atoms with Gasteiger partial charge in [-0.2, -0.15) is 0 Å². The number of carbonyl (C=O) groups excluding carboxylic acids is 1. The Morgan fingerprint density at radius 2 is 1.75 bits per heavy atom. The van der Waals surface area contributed by atoms with Gasteiger partial charge in [0.15, 0.2) is 0 Å².